The number of ether oxygens (including phenoxy) is 1. The van der Waals surface area contributed by atoms with Gasteiger partial charge in [-0.1, -0.05) is 13.0 Å². The van der Waals surface area contributed by atoms with Crippen molar-refractivity contribution in [2.24, 2.45) is 0 Å². The Hall–Kier alpha value is -2.93. The molecular formula is C24H29N3O3S. The van der Waals surface area contributed by atoms with E-state index in [2.05, 4.69) is 17.6 Å². The molecule has 0 saturated carbocycles. The van der Waals surface area contributed by atoms with E-state index in [-0.39, 0.29) is 23.0 Å². The number of piperidine rings is 1. The third kappa shape index (κ3) is 6.52. The number of nitrogens with zero attached hydrogens (tertiary/aromatic N) is 1. The Morgan fingerprint density at radius 2 is 1.77 bits per heavy atom. The van der Waals surface area contributed by atoms with Crippen LogP contribution in [0.2, 0.25) is 0 Å². The third-order valence-corrected chi connectivity index (χ3v) is 5.47. The van der Waals surface area contributed by atoms with Crippen molar-refractivity contribution in [2.45, 2.75) is 45.6 Å². The minimum Gasteiger partial charge on any atom is -0.491 e. The normalized spacial score (nSPS) is 14.5. The predicted molar refractivity (Wildman–Crippen MR) is 127 cm³/mol. The van der Waals surface area contributed by atoms with Gasteiger partial charge in [0.2, 0.25) is 0 Å². The van der Waals surface area contributed by atoms with Gasteiger partial charge in [-0.2, -0.15) is 0 Å². The molecule has 1 atom stereocenters. The first-order valence-corrected chi connectivity index (χ1v) is 11.2. The summed E-state index contributed by atoms with van der Waals surface area (Å²) in [4.78, 5) is 27.1. The van der Waals surface area contributed by atoms with Crippen molar-refractivity contribution in [1.29, 1.82) is 0 Å². The molecular weight excluding hydrogens is 410 g/mol. The van der Waals surface area contributed by atoms with E-state index in [0.717, 1.165) is 38.1 Å². The van der Waals surface area contributed by atoms with Gasteiger partial charge in [-0.3, -0.25) is 14.9 Å². The second-order valence-corrected chi connectivity index (χ2v) is 8.11. The van der Waals surface area contributed by atoms with Crippen LogP contribution in [-0.2, 0) is 0 Å². The maximum atomic E-state index is 12.7. The van der Waals surface area contributed by atoms with Crippen LogP contribution in [0.3, 0.4) is 0 Å². The number of anilines is 1. The third-order valence-electron chi connectivity index (χ3n) is 5.27. The van der Waals surface area contributed by atoms with Crippen molar-refractivity contribution in [3.8, 4) is 5.75 Å². The summed E-state index contributed by atoms with van der Waals surface area (Å²) in [6.45, 7) is 5.65. The van der Waals surface area contributed by atoms with Gasteiger partial charge in [-0.25, -0.2) is 0 Å². The van der Waals surface area contributed by atoms with Gasteiger partial charge >= 0.3 is 0 Å². The lowest BCUT2D eigenvalue weighted by atomic mass is 10.1. The molecule has 3 rings (SSSR count). The van der Waals surface area contributed by atoms with Crippen LogP contribution in [0, 0.1) is 0 Å². The highest BCUT2D eigenvalue weighted by molar-refractivity contribution is 7.80. The first-order valence-electron chi connectivity index (χ1n) is 10.7. The molecule has 7 heteroatoms. The quantitative estimate of drug-likeness (QED) is 0.643. The van der Waals surface area contributed by atoms with Crippen molar-refractivity contribution < 1.29 is 14.3 Å². The molecule has 1 unspecified atom stereocenters. The summed E-state index contributed by atoms with van der Waals surface area (Å²) < 4.78 is 5.73. The van der Waals surface area contributed by atoms with Crippen LogP contribution in [0.1, 0.15) is 60.2 Å². The number of rotatable bonds is 6. The first kappa shape index (κ1) is 22.7. The fourth-order valence-electron chi connectivity index (χ4n) is 3.35. The van der Waals surface area contributed by atoms with Gasteiger partial charge in [0.25, 0.3) is 11.8 Å². The predicted octanol–water partition coefficient (Wildman–Crippen LogP) is 4.62. The molecule has 2 N–H and O–H groups in total. The molecule has 6 nitrogen and oxygen atoms in total. The van der Waals surface area contributed by atoms with Crippen LogP contribution in [0.15, 0.2) is 48.5 Å². The van der Waals surface area contributed by atoms with Gasteiger partial charge < -0.3 is 15.0 Å². The molecule has 0 spiro atoms. The molecule has 2 aromatic rings. The van der Waals surface area contributed by atoms with Gasteiger partial charge in [0, 0.05) is 29.9 Å². The van der Waals surface area contributed by atoms with E-state index < -0.39 is 0 Å². The number of hydrogen-bond donors (Lipinski definition) is 2. The Bertz CT molecular complexity index is 924. The minimum absolute atomic E-state index is 0.0259. The van der Waals surface area contributed by atoms with E-state index in [9.17, 15) is 9.59 Å². The Morgan fingerprint density at radius 1 is 1.06 bits per heavy atom. The zero-order valence-electron chi connectivity index (χ0n) is 18.0. The number of thiocarbonyl (C=S) groups is 1. The summed E-state index contributed by atoms with van der Waals surface area (Å²) in [5.74, 6) is 0.438. The fraction of sp³-hybridized carbons (Fsp3) is 0.375. The molecule has 2 amide bonds. The smallest absolute Gasteiger partial charge is 0.257 e. The van der Waals surface area contributed by atoms with E-state index in [1.807, 2.05) is 17.9 Å². The number of nitrogens with one attached hydrogen (secondary N) is 2. The van der Waals surface area contributed by atoms with Gasteiger partial charge in [-0.05, 0) is 87.3 Å². The second-order valence-electron chi connectivity index (χ2n) is 7.70. The lowest BCUT2D eigenvalue weighted by Gasteiger charge is -2.26. The van der Waals surface area contributed by atoms with Crippen molar-refractivity contribution in [1.82, 2.24) is 10.2 Å². The topological polar surface area (TPSA) is 70.7 Å². The van der Waals surface area contributed by atoms with Crippen LogP contribution >= 0.6 is 12.2 Å². The first-order chi connectivity index (χ1) is 15.0. The number of carbonyl (C=O) groups excluding carboxylic acids is 2. The van der Waals surface area contributed by atoms with Crippen LogP contribution in [0.25, 0.3) is 0 Å². The molecule has 1 aliphatic rings. The number of carbonyl (C=O) groups is 2. The molecule has 0 aliphatic carbocycles. The summed E-state index contributed by atoms with van der Waals surface area (Å²) in [6.07, 6.45) is 4.30. The molecule has 1 heterocycles. The molecule has 2 aromatic carbocycles. The molecule has 31 heavy (non-hydrogen) atoms. The van der Waals surface area contributed by atoms with Crippen molar-refractivity contribution >= 4 is 34.8 Å². The molecule has 1 fully saturated rings. The summed E-state index contributed by atoms with van der Waals surface area (Å²) in [7, 11) is 0. The van der Waals surface area contributed by atoms with Crippen LogP contribution in [0.5, 0.6) is 5.75 Å². The van der Waals surface area contributed by atoms with Gasteiger partial charge in [-0.15, -0.1) is 0 Å². The zero-order chi connectivity index (χ0) is 22.2. The molecule has 0 bridgehead atoms. The second kappa shape index (κ2) is 10.9. The fourth-order valence-corrected chi connectivity index (χ4v) is 3.56. The number of amides is 2. The summed E-state index contributed by atoms with van der Waals surface area (Å²) in [5, 5.41) is 5.84. The lowest BCUT2D eigenvalue weighted by Crippen LogP contribution is -2.36. The SMILES string of the molecule is CCC(C)Oc1ccc(C(=O)NC(=S)Nc2cccc(C(=O)N3CCCCC3)c2)cc1. The zero-order valence-corrected chi connectivity index (χ0v) is 18.8. The Balaban J connectivity index is 1.56. The Labute approximate surface area is 189 Å². The summed E-state index contributed by atoms with van der Waals surface area (Å²) in [5.41, 5.74) is 1.75. The molecule has 1 saturated heterocycles. The average molecular weight is 440 g/mol. The maximum Gasteiger partial charge on any atom is 0.257 e. The van der Waals surface area contributed by atoms with Crippen LogP contribution < -0.4 is 15.4 Å². The van der Waals surface area contributed by atoms with E-state index in [0.29, 0.717) is 16.8 Å². The molecule has 0 radical (unpaired) electrons. The van der Waals surface area contributed by atoms with Crippen LogP contribution in [-0.4, -0.2) is 41.0 Å². The largest absolute Gasteiger partial charge is 0.491 e. The van der Waals surface area contributed by atoms with Crippen molar-refractivity contribution in [2.75, 3.05) is 18.4 Å². The maximum absolute atomic E-state index is 12.7. The standard InChI is InChI=1S/C24H29N3O3S/c1-3-17(2)30-21-12-10-18(11-13-21)22(28)26-24(31)25-20-9-7-8-19(16-20)23(29)27-14-5-4-6-15-27/h7-13,16-17H,3-6,14-15H2,1-2H3,(H2,25,26,28,31). The number of hydrogen-bond acceptors (Lipinski definition) is 4. The van der Waals surface area contributed by atoms with E-state index >= 15 is 0 Å². The monoisotopic (exact) mass is 439 g/mol. The highest BCUT2D eigenvalue weighted by Gasteiger charge is 2.18. The van der Waals surface area contributed by atoms with E-state index in [4.69, 9.17) is 17.0 Å². The van der Waals surface area contributed by atoms with Gasteiger partial charge in [0.15, 0.2) is 5.11 Å². The summed E-state index contributed by atoms with van der Waals surface area (Å²) >= 11 is 5.28. The Kier molecular flexibility index (Phi) is 8.00. The Morgan fingerprint density at radius 3 is 2.45 bits per heavy atom. The summed E-state index contributed by atoms with van der Waals surface area (Å²) in [6, 6.07) is 14.1. The minimum atomic E-state index is -0.312. The van der Waals surface area contributed by atoms with Crippen LogP contribution in [0.4, 0.5) is 5.69 Å². The average Bonchev–Trinajstić information content (AvgIpc) is 2.79. The number of benzene rings is 2. The van der Waals surface area contributed by atoms with Crippen molar-refractivity contribution in [3.05, 3.63) is 59.7 Å². The molecule has 0 aromatic heterocycles. The van der Waals surface area contributed by atoms with E-state index in [1.54, 1.807) is 42.5 Å². The van der Waals surface area contributed by atoms with E-state index in [1.165, 1.54) is 6.42 Å². The molecule has 164 valence electrons. The van der Waals surface area contributed by atoms with Crippen molar-refractivity contribution in [3.63, 3.8) is 0 Å². The lowest BCUT2D eigenvalue weighted by molar-refractivity contribution is 0.0724. The highest BCUT2D eigenvalue weighted by atomic mass is 32.1. The van der Waals surface area contributed by atoms with Gasteiger partial charge in [0.05, 0.1) is 6.10 Å². The number of likely N-dealkylation sites (tertiary alicyclic amines) is 1. The highest BCUT2D eigenvalue weighted by Crippen LogP contribution is 2.17. The molecule has 1 aliphatic heterocycles. The van der Waals surface area contributed by atoms with Gasteiger partial charge in [0.1, 0.15) is 5.75 Å².